The summed E-state index contributed by atoms with van der Waals surface area (Å²) in [5.41, 5.74) is 12.9. The predicted octanol–water partition coefficient (Wildman–Crippen LogP) is 7.29. The van der Waals surface area contributed by atoms with Crippen molar-refractivity contribution >= 4 is 0 Å². The molecule has 1 aliphatic rings. The Labute approximate surface area is 183 Å². The van der Waals surface area contributed by atoms with E-state index in [0.717, 1.165) is 13.0 Å². The van der Waals surface area contributed by atoms with Gasteiger partial charge in [0.15, 0.2) is 0 Å². The highest BCUT2D eigenvalue weighted by atomic mass is 15.0. The summed E-state index contributed by atoms with van der Waals surface area (Å²) in [6.45, 7) is 14.2. The van der Waals surface area contributed by atoms with E-state index in [-0.39, 0.29) is 5.41 Å². The van der Waals surface area contributed by atoms with Gasteiger partial charge in [-0.25, -0.2) is 0 Å². The Morgan fingerprint density at radius 2 is 1.53 bits per heavy atom. The lowest BCUT2D eigenvalue weighted by atomic mass is 9.66. The maximum atomic E-state index is 2.44. The summed E-state index contributed by atoms with van der Waals surface area (Å²) in [4.78, 5) is 2.24. The fourth-order valence-corrected chi connectivity index (χ4v) is 4.92. The molecule has 0 atom stereocenters. The first-order valence-electron chi connectivity index (χ1n) is 11.2. The fraction of sp³-hybridized carbons (Fsp3) is 0.379. The van der Waals surface area contributed by atoms with Crippen LogP contribution in [0, 0.1) is 13.8 Å². The Hall–Kier alpha value is -2.38. The SMILES string of the molecule is CC.Cc1ccccc1-c1c(C)ccc2c1Cc1ccc(CN(C)C)cc1C2(C)C. The van der Waals surface area contributed by atoms with Crippen LogP contribution >= 0.6 is 0 Å². The number of rotatable bonds is 3. The molecule has 0 unspecified atom stereocenters. The molecule has 0 aliphatic heterocycles. The van der Waals surface area contributed by atoms with Gasteiger partial charge in [-0.1, -0.05) is 82.3 Å². The summed E-state index contributed by atoms with van der Waals surface area (Å²) >= 11 is 0. The quantitative estimate of drug-likeness (QED) is 0.447. The molecule has 0 aromatic heterocycles. The topological polar surface area (TPSA) is 3.24 Å². The van der Waals surface area contributed by atoms with E-state index in [1.165, 1.54) is 50.1 Å². The first kappa shape index (κ1) is 22.3. The van der Waals surface area contributed by atoms with Crippen LogP contribution < -0.4 is 0 Å². The molecule has 0 saturated carbocycles. The number of hydrogen-bond donors (Lipinski definition) is 0. The molecule has 0 fully saturated rings. The van der Waals surface area contributed by atoms with E-state index in [1.807, 2.05) is 13.8 Å². The van der Waals surface area contributed by atoms with Crippen LogP contribution in [0.4, 0.5) is 0 Å². The highest BCUT2D eigenvalue weighted by Gasteiger charge is 2.34. The van der Waals surface area contributed by atoms with Crippen LogP contribution in [0.25, 0.3) is 11.1 Å². The van der Waals surface area contributed by atoms with Crippen molar-refractivity contribution in [3.8, 4) is 11.1 Å². The van der Waals surface area contributed by atoms with Gasteiger partial charge < -0.3 is 4.90 Å². The minimum Gasteiger partial charge on any atom is -0.305 e. The molecule has 4 rings (SSSR count). The van der Waals surface area contributed by atoms with Crippen LogP contribution in [0.2, 0.25) is 0 Å². The average Bonchev–Trinajstić information content (AvgIpc) is 2.70. The monoisotopic (exact) mass is 399 g/mol. The second-order valence-electron chi connectivity index (χ2n) is 9.13. The summed E-state index contributed by atoms with van der Waals surface area (Å²) in [5, 5.41) is 0. The molecule has 30 heavy (non-hydrogen) atoms. The number of fused-ring (bicyclic) bond motifs is 2. The first-order valence-corrected chi connectivity index (χ1v) is 11.2. The van der Waals surface area contributed by atoms with Crippen molar-refractivity contribution in [2.24, 2.45) is 0 Å². The molecule has 0 saturated heterocycles. The molecule has 0 N–H and O–H groups in total. The zero-order valence-electron chi connectivity index (χ0n) is 20.1. The van der Waals surface area contributed by atoms with E-state index in [2.05, 4.69) is 101 Å². The Morgan fingerprint density at radius 1 is 0.833 bits per heavy atom. The molecule has 0 heterocycles. The van der Waals surface area contributed by atoms with Crippen molar-refractivity contribution < 1.29 is 0 Å². The zero-order chi connectivity index (χ0) is 22.1. The minimum absolute atomic E-state index is 0.0103. The lowest BCUT2D eigenvalue weighted by molar-refractivity contribution is 0.402. The molecular formula is C29H37N. The summed E-state index contributed by atoms with van der Waals surface area (Å²) < 4.78 is 0. The van der Waals surface area contributed by atoms with Gasteiger partial charge in [-0.05, 0) is 84.4 Å². The lowest BCUT2D eigenvalue weighted by Crippen LogP contribution is -2.28. The van der Waals surface area contributed by atoms with Crippen molar-refractivity contribution in [3.05, 3.63) is 93.5 Å². The molecule has 3 aromatic rings. The van der Waals surface area contributed by atoms with Crippen LogP contribution in [-0.4, -0.2) is 19.0 Å². The molecule has 1 heteroatoms. The smallest absolute Gasteiger partial charge is 0.0227 e. The maximum Gasteiger partial charge on any atom is 0.0227 e. The molecular weight excluding hydrogens is 362 g/mol. The molecule has 1 nitrogen and oxygen atoms in total. The van der Waals surface area contributed by atoms with Crippen LogP contribution in [0.3, 0.4) is 0 Å². The van der Waals surface area contributed by atoms with E-state index in [9.17, 15) is 0 Å². The number of hydrogen-bond acceptors (Lipinski definition) is 1. The van der Waals surface area contributed by atoms with E-state index >= 15 is 0 Å². The van der Waals surface area contributed by atoms with Crippen LogP contribution in [0.15, 0.2) is 54.6 Å². The Balaban J connectivity index is 0.00000124. The van der Waals surface area contributed by atoms with Gasteiger partial charge in [0.2, 0.25) is 0 Å². The molecule has 3 aromatic carbocycles. The minimum atomic E-state index is 0.0103. The van der Waals surface area contributed by atoms with Crippen LogP contribution in [-0.2, 0) is 18.4 Å². The van der Waals surface area contributed by atoms with E-state index in [4.69, 9.17) is 0 Å². The molecule has 0 spiro atoms. The molecule has 0 radical (unpaired) electrons. The number of nitrogens with zero attached hydrogens (tertiary/aromatic N) is 1. The summed E-state index contributed by atoms with van der Waals surface area (Å²) in [7, 11) is 4.27. The van der Waals surface area contributed by atoms with E-state index < -0.39 is 0 Å². The van der Waals surface area contributed by atoms with Gasteiger partial charge in [0, 0.05) is 12.0 Å². The third kappa shape index (κ3) is 3.96. The first-order chi connectivity index (χ1) is 14.3. The van der Waals surface area contributed by atoms with Crippen LogP contribution in [0.5, 0.6) is 0 Å². The van der Waals surface area contributed by atoms with Crippen molar-refractivity contribution in [3.63, 3.8) is 0 Å². The van der Waals surface area contributed by atoms with Crippen LogP contribution in [0.1, 0.15) is 66.6 Å². The average molecular weight is 400 g/mol. The second-order valence-corrected chi connectivity index (χ2v) is 9.13. The van der Waals surface area contributed by atoms with Gasteiger partial charge >= 0.3 is 0 Å². The second kappa shape index (κ2) is 8.78. The summed E-state index contributed by atoms with van der Waals surface area (Å²) in [6.07, 6.45) is 1.02. The van der Waals surface area contributed by atoms with Crippen molar-refractivity contribution in [1.29, 1.82) is 0 Å². The summed E-state index contributed by atoms with van der Waals surface area (Å²) in [5.74, 6) is 0. The number of benzene rings is 3. The highest BCUT2D eigenvalue weighted by Crippen LogP contribution is 2.46. The van der Waals surface area contributed by atoms with Gasteiger partial charge in [0.05, 0.1) is 0 Å². The van der Waals surface area contributed by atoms with E-state index in [0.29, 0.717) is 0 Å². The molecule has 1 aliphatic carbocycles. The normalized spacial score (nSPS) is 13.9. The maximum absolute atomic E-state index is 2.44. The fourth-order valence-electron chi connectivity index (χ4n) is 4.92. The molecule has 0 bridgehead atoms. The van der Waals surface area contributed by atoms with Crippen molar-refractivity contribution in [2.45, 2.75) is 59.9 Å². The van der Waals surface area contributed by atoms with Gasteiger partial charge in [0.25, 0.3) is 0 Å². The van der Waals surface area contributed by atoms with E-state index in [1.54, 1.807) is 0 Å². The largest absolute Gasteiger partial charge is 0.305 e. The predicted molar refractivity (Wildman–Crippen MR) is 131 cm³/mol. The number of aryl methyl sites for hydroxylation is 2. The van der Waals surface area contributed by atoms with Crippen molar-refractivity contribution in [2.75, 3.05) is 14.1 Å². The standard InChI is InChI=1S/C27H31N.C2H6/c1-18-9-7-8-10-22(18)26-19(2)11-14-24-23(26)16-21-13-12-20(17-28(5)6)15-25(21)27(24,3)4;1-2/h7-15H,16-17H2,1-6H3;1-2H3. The highest BCUT2D eigenvalue weighted by molar-refractivity contribution is 5.77. The Morgan fingerprint density at radius 3 is 2.20 bits per heavy atom. The van der Waals surface area contributed by atoms with Gasteiger partial charge in [0.1, 0.15) is 0 Å². The molecule has 0 amide bonds. The van der Waals surface area contributed by atoms with Gasteiger partial charge in [-0.3, -0.25) is 0 Å². The van der Waals surface area contributed by atoms with Gasteiger partial charge in [-0.15, -0.1) is 0 Å². The Bertz CT molecular complexity index is 1040. The Kier molecular flexibility index (Phi) is 6.53. The third-order valence-electron chi connectivity index (χ3n) is 6.32. The lowest BCUT2D eigenvalue weighted by Gasteiger charge is -2.37. The summed E-state index contributed by atoms with van der Waals surface area (Å²) in [6, 6.07) is 20.6. The third-order valence-corrected chi connectivity index (χ3v) is 6.32. The molecule has 158 valence electrons. The van der Waals surface area contributed by atoms with Gasteiger partial charge in [-0.2, -0.15) is 0 Å². The zero-order valence-corrected chi connectivity index (χ0v) is 20.1. The van der Waals surface area contributed by atoms with Crippen molar-refractivity contribution in [1.82, 2.24) is 4.90 Å².